The van der Waals surface area contributed by atoms with E-state index in [-0.39, 0.29) is 50.0 Å². The molecule has 0 bridgehead atoms. The van der Waals surface area contributed by atoms with E-state index in [1.165, 1.54) is 135 Å². The van der Waals surface area contributed by atoms with Gasteiger partial charge in [0.1, 0.15) is 0 Å². The molecule has 5 aromatic rings. The van der Waals surface area contributed by atoms with Gasteiger partial charge >= 0.3 is 0 Å². The molecule has 2 atom stereocenters. The minimum absolute atomic E-state index is 0.0472. The van der Waals surface area contributed by atoms with Crippen molar-refractivity contribution in [1.29, 1.82) is 0 Å². The molecule has 0 saturated heterocycles. The highest BCUT2D eigenvalue weighted by atomic mass is 32.2. The van der Waals surface area contributed by atoms with E-state index in [4.69, 9.17) is 0 Å². The van der Waals surface area contributed by atoms with Crippen LogP contribution < -0.4 is 20.7 Å². The van der Waals surface area contributed by atoms with Crippen LogP contribution in [0.1, 0.15) is 201 Å². The quantitative estimate of drug-likeness (QED) is 0.166. The molecule has 0 N–H and O–H groups in total. The van der Waals surface area contributed by atoms with Crippen molar-refractivity contribution >= 4 is 57.8 Å². The zero-order chi connectivity index (χ0) is 50.5. The van der Waals surface area contributed by atoms with Crippen molar-refractivity contribution in [3.8, 4) is 11.1 Å². The number of benzene rings is 5. The first kappa shape index (κ1) is 47.8. The molecule has 0 amide bonds. The van der Waals surface area contributed by atoms with Gasteiger partial charge in [-0.1, -0.05) is 153 Å². The molecule has 3 heterocycles. The highest BCUT2D eigenvalue weighted by Crippen LogP contribution is 2.66. The smallest absolute Gasteiger partial charge is 0.259 e. The van der Waals surface area contributed by atoms with Crippen LogP contribution in [0.2, 0.25) is 0 Å². The van der Waals surface area contributed by atoms with Gasteiger partial charge in [0.2, 0.25) is 0 Å². The molecule has 3 aliphatic heterocycles. The Morgan fingerprint density at radius 2 is 0.930 bits per heavy atom. The molecule has 7 aliphatic rings. The average Bonchev–Trinajstić information content (AvgIpc) is 3.72. The Hall–Kier alpha value is -4.15. The number of nitrogens with zero attached hydrogens (tertiary/aromatic N) is 2. The fourth-order valence-corrected chi connectivity index (χ4v) is 17.5. The molecule has 1 saturated carbocycles. The fourth-order valence-electron chi connectivity index (χ4n) is 15.4. The largest absolute Gasteiger partial charge is 0.314 e. The van der Waals surface area contributed by atoms with Crippen molar-refractivity contribution in [3.05, 3.63) is 134 Å². The Morgan fingerprint density at radius 1 is 0.451 bits per heavy atom. The Bertz CT molecular complexity index is 3120. The first-order valence-electron chi connectivity index (χ1n) is 27.8. The number of hydrogen-bond donors (Lipinski definition) is 0. The molecule has 0 radical (unpaired) electrons. The maximum Gasteiger partial charge on any atom is 0.259 e. The zero-order valence-electron chi connectivity index (χ0n) is 46.8. The Labute approximate surface area is 434 Å². The van der Waals surface area contributed by atoms with Crippen LogP contribution in [0.25, 0.3) is 11.1 Å². The second-order valence-electron chi connectivity index (χ2n) is 29.3. The summed E-state index contributed by atoms with van der Waals surface area (Å²) in [5.41, 5.74) is 25.4. The number of aryl methyl sites for hydroxylation is 1. The molecule has 4 heteroatoms. The van der Waals surface area contributed by atoms with E-state index in [2.05, 4.69) is 224 Å². The van der Waals surface area contributed by atoms with Crippen molar-refractivity contribution in [2.75, 3.05) is 9.80 Å². The lowest BCUT2D eigenvalue weighted by Crippen LogP contribution is -2.56. The number of hydrogen-bond acceptors (Lipinski definition) is 3. The first-order valence-corrected chi connectivity index (χ1v) is 28.7. The number of rotatable bonds is 3. The summed E-state index contributed by atoms with van der Waals surface area (Å²) in [5.74, 6) is 0.411. The normalized spacial score (nSPS) is 25.8. The van der Waals surface area contributed by atoms with E-state index in [1.807, 2.05) is 0 Å². The van der Waals surface area contributed by atoms with Gasteiger partial charge in [0.05, 0.1) is 5.69 Å². The fraction of sp³-hybridized carbons (Fsp3) is 0.522. The highest BCUT2D eigenvalue weighted by Gasteiger charge is 2.60. The summed E-state index contributed by atoms with van der Waals surface area (Å²) in [6, 6.07) is 35.2. The molecule has 370 valence electrons. The maximum absolute atomic E-state index is 2.88. The number of fused-ring (bicyclic) bond motifs is 8. The minimum atomic E-state index is 0.0472. The zero-order valence-corrected chi connectivity index (χ0v) is 47.6. The van der Waals surface area contributed by atoms with Crippen LogP contribution in [0, 0.1) is 23.7 Å². The molecule has 2 nitrogen and oxygen atoms in total. The van der Waals surface area contributed by atoms with E-state index >= 15 is 0 Å². The van der Waals surface area contributed by atoms with Crippen LogP contribution in [-0.4, -0.2) is 12.0 Å². The lowest BCUT2D eigenvalue weighted by Gasteiger charge is -2.52. The SMILES string of the molecule is Cc1cc2c3c(c1)N(c1cc4c(cc1-c1ccccc1)C(C)(C)CCC4(C)C)c1cc4c(cc1B3C1=C(C3C(S1)C(C)(C)CCC3(C)C)N2c1ccc2c(c1)C(C)(C)CCC2(C)C)C(C)(C)CCC4(C)C. The van der Waals surface area contributed by atoms with Gasteiger partial charge in [-0.05, 0) is 204 Å². The number of thioether (sulfide) groups is 1. The van der Waals surface area contributed by atoms with Crippen molar-refractivity contribution in [2.24, 2.45) is 16.7 Å². The minimum Gasteiger partial charge on any atom is -0.314 e. The summed E-state index contributed by atoms with van der Waals surface area (Å²) in [7, 11) is 0. The molecular formula is C67H83BN2S. The molecular weight excluding hydrogens is 876 g/mol. The van der Waals surface area contributed by atoms with E-state index in [9.17, 15) is 0 Å². The van der Waals surface area contributed by atoms with Gasteiger partial charge in [-0.2, -0.15) is 0 Å². The summed E-state index contributed by atoms with van der Waals surface area (Å²) >= 11 is 2.29. The third kappa shape index (κ3) is 6.93. The maximum atomic E-state index is 2.88. The Kier molecular flexibility index (Phi) is 10.1. The predicted octanol–water partition coefficient (Wildman–Crippen LogP) is 17.6. The summed E-state index contributed by atoms with van der Waals surface area (Å²) in [5, 5.41) is 0.482. The molecule has 4 aliphatic carbocycles. The lowest BCUT2D eigenvalue weighted by atomic mass is 9.35. The summed E-state index contributed by atoms with van der Waals surface area (Å²) < 4.78 is 0. The van der Waals surface area contributed by atoms with Gasteiger partial charge in [0.25, 0.3) is 6.71 Å². The molecule has 1 fully saturated rings. The van der Waals surface area contributed by atoms with Gasteiger partial charge < -0.3 is 9.80 Å². The van der Waals surface area contributed by atoms with Crippen LogP contribution in [0.15, 0.2) is 95.4 Å². The summed E-state index contributed by atoms with van der Waals surface area (Å²) in [6.45, 7) is 43.1. The molecule has 5 aromatic carbocycles. The van der Waals surface area contributed by atoms with Crippen LogP contribution >= 0.6 is 11.8 Å². The van der Waals surface area contributed by atoms with E-state index < -0.39 is 0 Å². The van der Waals surface area contributed by atoms with Crippen LogP contribution in [0.4, 0.5) is 28.4 Å². The van der Waals surface area contributed by atoms with Crippen LogP contribution in [0.3, 0.4) is 0 Å². The monoisotopic (exact) mass is 959 g/mol. The van der Waals surface area contributed by atoms with Crippen LogP contribution in [-0.2, 0) is 32.5 Å². The summed E-state index contributed by atoms with van der Waals surface area (Å²) in [4.78, 5) is 7.31. The van der Waals surface area contributed by atoms with E-state index in [1.54, 1.807) is 16.1 Å². The molecule has 0 aromatic heterocycles. The first-order chi connectivity index (χ1) is 33.0. The molecule has 71 heavy (non-hydrogen) atoms. The van der Waals surface area contributed by atoms with Crippen molar-refractivity contribution < 1.29 is 0 Å². The van der Waals surface area contributed by atoms with Gasteiger partial charge in [0, 0.05) is 45.2 Å². The second-order valence-corrected chi connectivity index (χ2v) is 30.5. The molecule has 12 rings (SSSR count). The van der Waals surface area contributed by atoms with E-state index in [0.717, 1.165) is 0 Å². The van der Waals surface area contributed by atoms with Crippen molar-refractivity contribution in [3.63, 3.8) is 0 Å². The van der Waals surface area contributed by atoms with Crippen molar-refractivity contribution in [2.45, 2.75) is 207 Å². The third-order valence-corrected chi connectivity index (χ3v) is 22.5. The highest BCUT2D eigenvalue weighted by molar-refractivity contribution is 8.06. The van der Waals surface area contributed by atoms with Gasteiger partial charge in [-0.15, -0.1) is 11.8 Å². The third-order valence-electron chi connectivity index (χ3n) is 20.6. The standard InChI is InChI=1S/C67H83BN2S/c1-40-33-53-56-54(34-40)70(51-38-48-46(62(6,7)27-29-64(48,10)11)36-43(51)41-21-19-18-20-22-41)52-39-49-47(63(8,9)28-30-65(49,12)13)37-50(52)68(56)59-57(55-58(71-59)67(16,17)32-31-66(55,14)15)69(53)42-23-24-44-45(35-42)61(4,5)26-25-60(44,2)3/h18-24,33-39,55,58H,25-32H2,1-17H3. The topological polar surface area (TPSA) is 6.48 Å². The van der Waals surface area contributed by atoms with E-state index in [0.29, 0.717) is 11.2 Å². The van der Waals surface area contributed by atoms with Gasteiger partial charge in [0.15, 0.2) is 0 Å². The predicted molar refractivity (Wildman–Crippen MR) is 309 cm³/mol. The average molecular weight is 959 g/mol. The van der Waals surface area contributed by atoms with Gasteiger partial charge in [-0.25, -0.2) is 0 Å². The molecule has 2 unspecified atom stereocenters. The Balaban J connectivity index is 1.23. The number of anilines is 5. The van der Waals surface area contributed by atoms with Gasteiger partial charge in [-0.3, -0.25) is 0 Å². The second kappa shape index (κ2) is 15.0. The lowest BCUT2D eigenvalue weighted by molar-refractivity contribution is 0.0881. The van der Waals surface area contributed by atoms with Crippen molar-refractivity contribution in [1.82, 2.24) is 0 Å². The number of allylic oxidation sites excluding steroid dienone is 1. The molecule has 0 spiro atoms. The Morgan fingerprint density at radius 3 is 1.51 bits per heavy atom. The van der Waals surface area contributed by atoms with Crippen LogP contribution in [0.5, 0.6) is 0 Å². The summed E-state index contributed by atoms with van der Waals surface area (Å²) in [6.07, 6.45) is 9.68.